The Balaban J connectivity index is 2.06. The Hall–Kier alpha value is -0.680. The first kappa shape index (κ1) is 13.4. The van der Waals surface area contributed by atoms with Gasteiger partial charge in [0.2, 0.25) is 0 Å². The minimum atomic E-state index is -0.173. The van der Waals surface area contributed by atoms with Crippen molar-refractivity contribution in [3.05, 3.63) is 18.7 Å². The molecule has 0 bridgehead atoms. The fourth-order valence-corrected chi connectivity index (χ4v) is 2.41. The SMILES string of the molecule is COC(=O)CCSCC(Cl)Cn1ccnc1. The van der Waals surface area contributed by atoms with E-state index in [2.05, 4.69) is 9.72 Å². The van der Waals surface area contributed by atoms with Gasteiger partial charge in [-0.3, -0.25) is 4.79 Å². The van der Waals surface area contributed by atoms with Crippen LogP contribution < -0.4 is 0 Å². The average Bonchev–Trinajstić information content (AvgIpc) is 2.76. The van der Waals surface area contributed by atoms with Crippen LogP contribution >= 0.6 is 23.4 Å². The number of carbonyl (C=O) groups is 1. The summed E-state index contributed by atoms with van der Waals surface area (Å²) in [5.74, 6) is 1.39. The summed E-state index contributed by atoms with van der Waals surface area (Å²) < 4.78 is 6.49. The molecule has 1 aromatic rings. The van der Waals surface area contributed by atoms with Crippen LogP contribution in [0, 0.1) is 0 Å². The molecule has 16 heavy (non-hydrogen) atoms. The number of hydrogen-bond donors (Lipinski definition) is 0. The lowest BCUT2D eigenvalue weighted by Gasteiger charge is -2.09. The fraction of sp³-hybridized carbons (Fsp3) is 0.600. The van der Waals surface area contributed by atoms with E-state index in [9.17, 15) is 4.79 Å². The Morgan fingerprint density at radius 1 is 1.69 bits per heavy atom. The van der Waals surface area contributed by atoms with E-state index < -0.39 is 0 Å². The highest BCUT2D eigenvalue weighted by Crippen LogP contribution is 2.11. The molecule has 0 saturated heterocycles. The first-order valence-electron chi connectivity index (χ1n) is 4.96. The summed E-state index contributed by atoms with van der Waals surface area (Å²) in [5, 5.41) is 0.0526. The van der Waals surface area contributed by atoms with Gasteiger partial charge in [0, 0.05) is 30.4 Å². The third-order valence-corrected chi connectivity index (χ3v) is 3.55. The van der Waals surface area contributed by atoms with Crippen LogP contribution in [0.3, 0.4) is 0 Å². The molecule has 0 fully saturated rings. The molecular weight excluding hydrogens is 248 g/mol. The number of carbonyl (C=O) groups excluding carboxylic acids is 1. The normalized spacial score (nSPS) is 12.4. The number of halogens is 1. The van der Waals surface area contributed by atoms with E-state index in [1.165, 1.54) is 7.11 Å². The number of ether oxygens (including phenoxy) is 1. The van der Waals surface area contributed by atoms with Gasteiger partial charge < -0.3 is 9.30 Å². The zero-order valence-corrected chi connectivity index (χ0v) is 10.7. The molecule has 0 spiro atoms. The van der Waals surface area contributed by atoms with Crippen LogP contribution in [0.25, 0.3) is 0 Å². The molecule has 0 N–H and O–H groups in total. The molecule has 1 heterocycles. The third kappa shape index (κ3) is 5.42. The number of rotatable bonds is 7. The molecule has 1 rings (SSSR count). The minimum Gasteiger partial charge on any atom is -0.469 e. The van der Waals surface area contributed by atoms with Gasteiger partial charge >= 0.3 is 5.97 Å². The molecule has 4 nitrogen and oxygen atoms in total. The molecule has 90 valence electrons. The van der Waals surface area contributed by atoms with E-state index >= 15 is 0 Å². The van der Waals surface area contributed by atoms with Crippen molar-refractivity contribution in [2.24, 2.45) is 0 Å². The Bertz CT molecular complexity index is 306. The van der Waals surface area contributed by atoms with Crippen LogP contribution in [-0.2, 0) is 16.1 Å². The number of methoxy groups -OCH3 is 1. The summed E-state index contributed by atoms with van der Waals surface area (Å²) in [6.45, 7) is 0.743. The third-order valence-electron chi connectivity index (χ3n) is 1.95. The summed E-state index contributed by atoms with van der Waals surface area (Å²) in [6, 6.07) is 0. The monoisotopic (exact) mass is 262 g/mol. The Morgan fingerprint density at radius 3 is 3.12 bits per heavy atom. The maximum atomic E-state index is 10.8. The van der Waals surface area contributed by atoms with Gasteiger partial charge in [-0.15, -0.1) is 11.6 Å². The quantitative estimate of drug-likeness (QED) is 0.427. The summed E-state index contributed by atoms with van der Waals surface area (Å²) in [4.78, 5) is 14.8. The number of thioether (sulfide) groups is 1. The molecule has 0 aliphatic carbocycles. The van der Waals surface area contributed by atoms with Gasteiger partial charge in [-0.2, -0.15) is 11.8 Å². The van der Waals surface area contributed by atoms with Crippen molar-refractivity contribution in [2.45, 2.75) is 18.3 Å². The van der Waals surface area contributed by atoms with Gasteiger partial charge in [-0.05, 0) is 0 Å². The van der Waals surface area contributed by atoms with E-state index in [1.807, 2.05) is 10.8 Å². The topological polar surface area (TPSA) is 44.1 Å². The Labute approximate surface area is 104 Å². The van der Waals surface area contributed by atoms with Gasteiger partial charge in [0.15, 0.2) is 0 Å². The molecule has 0 aliphatic rings. The van der Waals surface area contributed by atoms with E-state index in [0.29, 0.717) is 6.42 Å². The van der Waals surface area contributed by atoms with E-state index in [0.717, 1.165) is 18.1 Å². The first-order valence-corrected chi connectivity index (χ1v) is 6.56. The number of alkyl halides is 1. The van der Waals surface area contributed by atoms with Crippen LogP contribution in [0.5, 0.6) is 0 Å². The van der Waals surface area contributed by atoms with Crippen molar-refractivity contribution in [1.82, 2.24) is 9.55 Å². The molecular formula is C10H15ClN2O2S. The first-order chi connectivity index (χ1) is 7.72. The van der Waals surface area contributed by atoms with E-state index in [1.54, 1.807) is 24.3 Å². The molecule has 0 amide bonds. The average molecular weight is 263 g/mol. The molecule has 1 unspecified atom stereocenters. The van der Waals surface area contributed by atoms with Crippen LogP contribution in [0.1, 0.15) is 6.42 Å². The number of hydrogen-bond acceptors (Lipinski definition) is 4. The van der Waals surface area contributed by atoms with Crippen molar-refractivity contribution in [3.8, 4) is 0 Å². The maximum absolute atomic E-state index is 10.8. The number of nitrogens with zero attached hydrogens (tertiary/aromatic N) is 2. The van der Waals surface area contributed by atoms with Crippen molar-refractivity contribution in [1.29, 1.82) is 0 Å². The van der Waals surface area contributed by atoms with Gasteiger partial charge in [0.25, 0.3) is 0 Å². The van der Waals surface area contributed by atoms with Crippen LogP contribution in [0.15, 0.2) is 18.7 Å². The van der Waals surface area contributed by atoms with Crippen molar-refractivity contribution >= 4 is 29.3 Å². The van der Waals surface area contributed by atoms with E-state index in [-0.39, 0.29) is 11.3 Å². The molecule has 0 aliphatic heterocycles. The highest BCUT2D eigenvalue weighted by molar-refractivity contribution is 7.99. The molecule has 1 aromatic heterocycles. The highest BCUT2D eigenvalue weighted by atomic mass is 35.5. The van der Waals surface area contributed by atoms with Crippen molar-refractivity contribution in [2.75, 3.05) is 18.6 Å². The van der Waals surface area contributed by atoms with Crippen LogP contribution in [-0.4, -0.2) is 39.5 Å². The lowest BCUT2D eigenvalue weighted by molar-refractivity contribution is -0.140. The van der Waals surface area contributed by atoms with Gasteiger partial charge in [0.05, 0.1) is 25.2 Å². The summed E-state index contributed by atoms with van der Waals surface area (Å²) in [6.07, 6.45) is 5.80. The molecule has 1 atom stereocenters. The number of imidazole rings is 1. The predicted molar refractivity (Wildman–Crippen MR) is 65.8 cm³/mol. The molecule has 6 heteroatoms. The Morgan fingerprint density at radius 2 is 2.50 bits per heavy atom. The van der Waals surface area contributed by atoms with Gasteiger partial charge in [-0.25, -0.2) is 4.98 Å². The number of aromatic nitrogens is 2. The largest absolute Gasteiger partial charge is 0.469 e. The lowest BCUT2D eigenvalue weighted by Crippen LogP contribution is -2.12. The zero-order chi connectivity index (χ0) is 11.8. The lowest BCUT2D eigenvalue weighted by atomic mass is 10.5. The molecule has 0 radical (unpaired) electrons. The van der Waals surface area contributed by atoms with Gasteiger partial charge in [-0.1, -0.05) is 0 Å². The highest BCUT2D eigenvalue weighted by Gasteiger charge is 2.06. The maximum Gasteiger partial charge on any atom is 0.306 e. The second-order valence-electron chi connectivity index (χ2n) is 3.26. The van der Waals surface area contributed by atoms with Crippen molar-refractivity contribution < 1.29 is 9.53 Å². The number of esters is 1. The van der Waals surface area contributed by atoms with Crippen molar-refractivity contribution in [3.63, 3.8) is 0 Å². The molecule has 0 aromatic carbocycles. The van der Waals surface area contributed by atoms with Gasteiger partial charge in [0.1, 0.15) is 0 Å². The summed E-state index contributed by atoms with van der Waals surface area (Å²) >= 11 is 7.80. The second kappa shape index (κ2) is 7.57. The summed E-state index contributed by atoms with van der Waals surface area (Å²) in [7, 11) is 1.40. The zero-order valence-electron chi connectivity index (χ0n) is 9.13. The standard InChI is InChI=1S/C10H15ClN2O2S/c1-15-10(14)2-5-16-7-9(11)6-13-4-3-12-8-13/h3-4,8-9H,2,5-7H2,1H3. The Kier molecular flexibility index (Phi) is 6.33. The van der Waals surface area contributed by atoms with E-state index in [4.69, 9.17) is 11.6 Å². The fourth-order valence-electron chi connectivity index (χ4n) is 1.14. The smallest absolute Gasteiger partial charge is 0.306 e. The minimum absolute atomic E-state index is 0.0526. The van der Waals surface area contributed by atoms with Crippen LogP contribution in [0.4, 0.5) is 0 Å². The van der Waals surface area contributed by atoms with Crippen LogP contribution in [0.2, 0.25) is 0 Å². The second-order valence-corrected chi connectivity index (χ2v) is 5.02. The predicted octanol–water partition coefficient (Wildman–Crippen LogP) is 1.79. The summed E-state index contributed by atoms with van der Waals surface area (Å²) in [5.41, 5.74) is 0. The molecule has 0 saturated carbocycles.